The van der Waals surface area contributed by atoms with Crippen LogP contribution in [0.2, 0.25) is 0 Å². The Labute approximate surface area is 107 Å². The molecule has 1 atom stereocenters. The largest absolute Gasteiger partial charge is 0.396 e. The zero-order valence-electron chi connectivity index (χ0n) is 10.8. The van der Waals surface area contributed by atoms with E-state index in [9.17, 15) is 0 Å². The van der Waals surface area contributed by atoms with Crippen LogP contribution < -0.4 is 11.1 Å². The van der Waals surface area contributed by atoms with Gasteiger partial charge in [0.2, 0.25) is 0 Å². The highest BCUT2D eigenvalue weighted by Gasteiger charge is 2.11. The smallest absolute Gasteiger partial charge is 0.0743 e. The number of fused-ring (bicyclic) bond motifs is 1. The van der Waals surface area contributed by atoms with Crippen molar-refractivity contribution in [1.82, 2.24) is 4.98 Å². The minimum atomic E-state index is 0.253. The number of aromatic nitrogens is 1. The fourth-order valence-corrected chi connectivity index (χ4v) is 1.98. The summed E-state index contributed by atoms with van der Waals surface area (Å²) in [7, 11) is 1.71. The van der Waals surface area contributed by atoms with E-state index in [0.717, 1.165) is 23.0 Å². The molecule has 18 heavy (non-hydrogen) atoms. The van der Waals surface area contributed by atoms with Gasteiger partial charge in [-0.25, -0.2) is 0 Å². The molecule has 1 aromatic heterocycles. The van der Waals surface area contributed by atoms with Gasteiger partial charge in [0, 0.05) is 18.5 Å². The van der Waals surface area contributed by atoms with Gasteiger partial charge in [-0.15, -0.1) is 0 Å². The number of nitrogens with zero attached hydrogens (tertiary/aromatic N) is 1. The molecule has 0 amide bonds. The fourth-order valence-electron chi connectivity index (χ4n) is 1.98. The fraction of sp³-hybridized carbons (Fsp3) is 0.357. The molecule has 0 saturated heterocycles. The Morgan fingerprint density at radius 3 is 2.89 bits per heavy atom. The molecule has 1 heterocycles. The lowest BCUT2D eigenvalue weighted by atomic mass is 10.1. The van der Waals surface area contributed by atoms with Crippen molar-refractivity contribution in [3.05, 3.63) is 30.5 Å². The van der Waals surface area contributed by atoms with Crippen LogP contribution in [0, 0.1) is 0 Å². The molecule has 2 rings (SSSR count). The lowest BCUT2D eigenvalue weighted by molar-refractivity contribution is 0.184. The normalized spacial score (nSPS) is 12.6. The van der Waals surface area contributed by atoms with Crippen LogP contribution in [0.15, 0.2) is 30.5 Å². The first kappa shape index (κ1) is 12.6. The summed E-state index contributed by atoms with van der Waals surface area (Å²) in [6, 6.07) is 8.23. The number of hydrogen-bond acceptors (Lipinski definition) is 4. The Morgan fingerprint density at radius 1 is 1.39 bits per heavy atom. The summed E-state index contributed by atoms with van der Waals surface area (Å²) in [5.74, 6) is 0. The zero-order chi connectivity index (χ0) is 13.0. The molecule has 0 saturated carbocycles. The first-order valence-electron chi connectivity index (χ1n) is 6.15. The van der Waals surface area contributed by atoms with E-state index >= 15 is 0 Å². The molecule has 1 aromatic carbocycles. The van der Waals surface area contributed by atoms with Crippen LogP contribution in [0.1, 0.15) is 13.3 Å². The van der Waals surface area contributed by atoms with Gasteiger partial charge in [0.25, 0.3) is 0 Å². The summed E-state index contributed by atoms with van der Waals surface area (Å²) in [5.41, 5.74) is 8.58. The highest BCUT2D eigenvalue weighted by molar-refractivity contribution is 5.96. The van der Waals surface area contributed by atoms with Crippen molar-refractivity contribution in [2.45, 2.75) is 19.4 Å². The van der Waals surface area contributed by atoms with E-state index in [1.54, 1.807) is 13.3 Å². The minimum absolute atomic E-state index is 0.253. The van der Waals surface area contributed by atoms with E-state index in [1.807, 2.05) is 24.3 Å². The van der Waals surface area contributed by atoms with Crippen LogP contribution in [0.25, 0.3) is 10.9 Å². The number of nitrogen functional groups attached to an aromatic ring is 1. The van der Waals surface area contributed by atoms with Crippen LogP contribution >= 0.6 is 0 Å². The monoisotopic (exact) mass is 245 g/mol. The van der Waals surface area contributed by atoms with Gasteiger partial charge in [0.05, 0.1) is 29.7 Å². The molecule has 0 aliphatic rings. The third-order valence-electron chi connectivity index (χ3n) is 3.01. The van der Waals surface area contributed by atoms with E-state index in [1.165, 1.54) is 0 Å². The van der Waals surface area contributed by atoms with Gasteiger partial charge in [-0.3, -0.25) is 4.98 Å². The Bertz CT molecular complexity index is 527. The van der Waals surface area contributed by atoms with Crippen molar-refractivity contribution in [3.8, 4) is 0 Å². The molecule has 0 aliphatic heterocycles. The van der Waals surface area contributed by atoms with E-state index in [0.29, 0.717) is 12.3 Å². The van der Waals surface area contributed by atoms with E-state index in [2.05, 4.69) is 17.2 Å². The molecule has 3 N–H and O–H groups in total. The molecule has 4 heteroatoms. The third kappa shape index (κ3) is 2.54. The van der Waals surface area contributed by atoms with Gasteiger partial charge >= 0.3 is 0 Å². The number of rotatable bonds is 5. The number of benzene rings is 1. The molecule has 0 bridgehead atoms. The summed E-state index contributed by atoms with van der Waals surface area (Å²) >= 11 is 0. The molecular weight excluding hydrogens is 226 g/mol. The van der Waals surface area contributed by atoms with Gasteiger partial charge in [-0.1, -0.05) is 25.1 Å². The average Bonchev–Trinajstić information content (AvgIpc) is 2.41. The van der Waals surface area contributed by atoms with Crippen LogP contribution in [-0.4, -0.2) is 24.7 Å². The van der Waals surface area contributed by atoms with Crippen LogP contribution in [0.5, 0.6) is 0 Å². The predicted octanol–water partition coefficient (Wildman–Crippen LogP) is 2.65. The molecule has 4 nitrogen and oxygen atoms in total. The third-order valence-corrected chi connectivity index (χ3v) is 3.01. The van der Waals surface area contributed by atoms with E-state index in [-0.39, 0.29) is 6.04 Å². The first-order chi connectivity index (χ1) is 8.76. The van der Waals surface area contributed by atoms with Gasteiger partial charge < -0.3 is 15.8 Å². The number of methoxy groups -OCH3 is 1. The summed E-state index contributed by atoms with van der Waals surface area (Å²) in [6.07, 6.45) is 2.67. The summed E-state index contributed by atoms with van der Waals surface area (Å²) in [4.78, 5) is 4.32. The summed E-state index contributed by atoms with van der Waals surface area (Å²) in [5, 5.41) is 4.50. The second-order valence-electron chi connectivity index (χ2n) is 4.31. The topological polar surface area (TPSA) is 60.2 Å². The standard InChI is InChI=1S/C14H19N3O/c1-3-10(9-18-2)17-14-11-6-4-5-7-13(11)16-8-12(14)15/h4-8,10H,3,9,15H2,1-2H3,(H,16,17). The highest BCUT2D eigenvalue weighted by Crippen LogP contribution is 2.28. The van der Waals surface area contributed by atoms with Crippen molar-refractivity contribution in [3.63, 3.8) is 0 Å². The highest BCUT2D eigenvalue weighted by atomic mass is 16.5. The van der Waals surface area contributed by atoms with Crippen LogP contribution in [-0.2, 0) is 4.74 Å². The maximum Gasteiger partial charge on any atom is 0.0743 e. The Hall–Kier alpha value is -1.81. The first-order valence-corrected chi connectivity index (χ1v) is 6.15. The van der Waals surface area contributed by atoms with Gasteiger partial charge in [0.1, 0.15) is 0 Å². The van der Waals surface area contributed by atoms with Gasteiger partial charge in [-0.05, 0) is 12.5 Å². The van der Waals surface area contributed by atoms with Crippen molar-refractivity contribution >= 4 is 22.3 Å². The summed E-state index contributed by atoms with van der Waals surface area (Å²) < 4.78 is 5.20. The van der Waals surface area contributed by atoms with Crippen LogP contribution in [0.3, 0.4) is 0 Å². The zero-order valence-corrected chi connectivity index (χ0v) is 10.8. The Morgan fingerprint density at radius 2 is 2.17 bits per heavy atom. The lowest BCUT2D eigenvalue weighted by Crippen LogP contribution is -2.24. The van der Waals surface area contributed by atoms with Crippen molar-refractivity contribution < 1.29 is 4.74 Å². The predicted molar refractivity (Wildman–Crippen MR) is 75.7 cm³/mol. The number of ether oxygens (including phenoxy) is 1. The summed E-state index contributed by atoms with van der Waals surface area (Å²) in [6.45, 7) is 2.78. The average molecular weight is 245 g/mol. The number of hydrogen-bond donors (Lipinski definition) is 2. The molecule has 2 aromatic rings. The number of nitrogens with one attached hydrogen (secondary N) is 1. The van der Waals surface area contributed by atoms with Crippen molar-refractivity contribution in [2.75, 3.05) is 24.8 Å². The Kier molecular flexibility index (Phi) is 3.99. The minimum Gasteiger partial charge on any atom is -0.396 e. The quantitative estimate of drug-likeness (QED) is 0.850. The van der Waals surface area contributed by atoms with E-state index in [4.69, 9.17) is 10.5 Å². The number of pyridine rings is 1. The van der Waals surface area contributed by atoms with Crippen molar-refractivity contribution in [1.29, 1.82) is 0 Å². The van der Waals surface area contributed by atoms with Crippen LogP contribution in [0.4, 0.5) is 11.4 Å². The van der Waals surface area contributed by atoms with Gasteiger partial charge in [0.15, 0.2) is 0 Å². The molecule has 1 unspecified atom stereocenters. The molecule has 0 aliphatic carbocycles. The molecule has 96 valence electrons. The molecule has 0 radical (unpaired) electrons. The van der Waals surface area contributed by atoms with Crippen molar-refractivity contribution in [2.24, 2.45) is 0 Å². The number of nitrogens with two attached hydrogens (primary N) is 1. The molecule has 0 spiro atoms. The maximum atomic E-state index is 6.02. The maximum absolute atomic E-state index is 6.02. The van der Waals surface area contributed by atoms with Gasteiger partial charge in [-0.2, -0.15) is 0 Å². The Balaban J connectivity index is 2.39. The molecular formula is C14H19N3O. The van der Waals surface area contributed by atoms with E-state index < -0.39 is 0 Å². The molecule has 0 fully saturated rings. The second kappa shape index (κ2) is 5.69. The number of anilines is 2. The second-order valence-corrected chi connectivity index (χ2v) is 4.31. The number of para-hydroxylation sites is 1. The SMILES string of the molecule is CCC(COC)Nc1c(N)cnc2ccccc12. The lowest BCUT2D eigenvalue weighted by Gasteiger charge is -2.20.